The maximum Gasteiger partial charge on any atom is 0.301 e. The molecule has 0 atom stereocenters. The van der Waals surface area contributed by atoms with E-state index in [9.17, 15) is 0 Å². The van der Waals surface area contributed by atoms with Crippen LogP contribution in [0.3, 0.4) is 0 Å². The highest BCUT2D eigenvalue weighted by Crippen LogP contribution is 2.37. The van der Waals surface area contributed by atoms with E-state index in [1.54, 1.807) is 20.7 Å². The molecule has 4 heteroatoms. The van der Waals surface area contributed by atoms with Gasteiger partial charge in [0.05, 0.1) is 4.88 Å². The lowest BCUT2D eigenvalue weighted by molar-refractivity contribution is 1.68. The molecule has 0 spiro atoms. The van der Waals surface area contributed by atoms with Gasteiger partial charge in [0.2, 0.25) is 0 Å². The van der Waals surface area contributed by atoms with Gasteiger partial charge in [-0.3, -0.25) is 0 Å². The lowest BCUT2D eigenvalue weighted by Gasteiger charge is -1.94. The van der Waals surface area contributed by atoms with Gasteiger partial charge in [0.25, 0.3) is 4.88 Å². The Morgan fingerprint density at radius 1 is 0.737 bits per heavy atom. The predicted molar refractivity (Wildman–Crippen MR) is 87.5 cm³/mol. The molecule has 0 bridgehead atoms. The van der Waals surface area contributed by atoms with Gasteiger partial charge in [-0.05, 0) is 42.0 Å². The zero-order valence-electron chi connectivity index (χ0n) is 9.77. The van der Waals surface area contributed by atoms with Gasteiger partial charge in [-0.15, -0.1) is 0 Å². The van der Waals surface area contributed by atoms with Gasteiger partial charge in [0, 0.05) is 21.7 Å². The quantitative estimate of drug-likeness (QED) is 0.362. The van der Waals surface area contributed by atoms with Crippen LogP contribution < -0.4 is 0 Å². The molecule has 0 saturated carbocycles. The van der Waals surface area contributed by atoms with Crippen molar-refractivity contribution >= 4 is 43.9 Å². The van der Waals surface area contributed by atoms with Crippen LogP contribution in [0.4, 0.5) is 0 Å². The lowest BCUT2D eigenvalue weighted by atomic mass is 10.1. The molecule has 0 aliphatic rings. The van der Waals surface area contributed by atoms with Crippen molar-refractivity contribution in [1.29, 1.82) is 0 Å². The minimum absolute atomic E-state index is 0.766. The zero-order valence-corrected chi connectivity index (χ0v) is 12.9. The van der Waals surface area contributed by atoms with E-state index >= 15 is 0 Å². The average molecular weight is 324 g/mol. The van der Waals surface area contributed by atoms with Crippen molar-refractivity contribution in [2.75, 3.05) is 0 Å². The molecule has 94 valence electrons. The molecule has 3 rings (SSSR count). The fraction of sp³-hybridized carbons (Fsp3) is 0. The fourth-order valence-electron chi connectivity index (χ4n) is 1.75. The van der Waals surface area contributed by atoms with Gasteiger partial charge in [-0.25, -0.2) is 0 Å². The zero-order chi connectivity index (χ0) is 13.2. The van der Waals surface area contributed by atoms with Gasteiger partial charge in [-0.1, -0.05) is 35.3 Å². The molecule has 19 heavy (non-hydrogen) atoms. The molecule has 0 nitrogen and oxygen atoms in total. The molecular formula is C15H9Cl2S2+. The summed E-state index contributed by atoms with van der Waals surface area (Å²) in [4.78, 5) is 2.51. The highest BCUT2D eigenvalue weighted by molar-refractivity contribution is 7.72. The summed E-state index contributed by atoms with van der Waals surface area (Å²) in [7, 11) is 3.55. The SMILES string of the molecule is Clc1ccc(-c2cc(-c3ccc(Cl)cc3)[s+]s2)cc1. The molecule has 2 aromatic carbocycles. The summed E-state index contributed by atoms with van der Waals surface area (Å²) in [6.07, 6.45) is 0. The van der Waals surface area contributed by atoms with E-state index < -0.39 is 0 Å². The molecule has 1 heterocycles. The highest BCUT2D eigenvalue weighted by Gasteiger charge is 2.16. The number of benzene rings is 2. The van der Waals surface area contributed by atoms with E-state index in [4.69, 9.17) is 23.2 Å². The van der Waals surface area contributed by atoms with Gasteiger partial charge < -0.3 is 0 Å². The minimum Gasteiger partial charge on any atom is -0.0843 e. The Morgan fingerprint density at radius 3 is 1.84 bits per heavy atom. The third-order valence-corrected chi connectivity index (χ3v) is 5.72. The molecule has 1 aromatic heterocycles. The van der Waals surface area contributed by atoms with Crippen LogP contribution in [0.5, 0.6) is 0 Å². The van der Waals surface area contributed by atoms with Crippen molar-refractivity contribution in [3.63, 3.8) is 0 Å². The molecule has 3 aromatic rings. The smallest absolute Gasteiger partial charge is 0.0843 e. The van der Waals surface area contributed by atoms with Crippen LogP contribution in [0.25, 0.3) is 20.9 Å². The van der Waals surface area contributed by atoms with Crippen LogP contribution in [0.15, 0.2) is 54.6 Å². The number of halogens is 2. The van der Waals surface area contributed by atoms with E-state index in [2.05, 4.69) is 6.07 Å². The van der Waals surface area contributed by atoms with Crippen LogP contribution >= 0.6 is 43.9 Å². The van der Waals surface area contributed by atoms with E-state index in [0.29, 0.717) is 0 Å². The first-order chi connectivity index (χ1) is 9.22. The lowest BCUT2D eigenvalue weighted by Crippen LogP contribution is -1.73. The second kappa shape index (κ2) is 5.59. The highest BCUT2D eigenvalue weighted by atomic mass is 35.5. The Kier molecular flexibility index (Phi) is 3.85. The number of rotatable bonds is 2. The molecule has 0 radical (unpaired) electrons. The summed E-state index contributed by atoms with van der Waals surface area (Å²) in [5, 5.41) is 1.53. The maximum absolute atomic E-state index is 5.91. The normalized spacial score (nSPS) is 10.6. The van der Waals surface area contributed by atoms with Crippen LogP contribution in [0, 0.1) is 0 Å². The molecule has 0 aliphatic carbocycles. The third-order valence-electron chi connectivity index (χ3n) is 2.74. The number of hydrogen-bond donors (Lipinski definition) is 0. The summed E-state index contributed by atoms with van der Waals surface area (Å²) in [5.41, 5.74) is 2.40. The summed E-state index contributed by atoms with van der Waals surface area (Å²) in [5.74, 6) is 0. The Bertz CT molecular complexity index is 625. The summed E-state index contributed by atoms with van der Waals surface area (Å²) in [6, 6.07) is 18.1. The molecule has 0 saturated heterocycles. The Labute approximate surface area is 129 Å². The minimum atomic E-state index is 0.766. The third kappa shape index (κ3) is 2.98. The molecule has 0 amide bonds. The standard InChI is InChI=1S/C15H9Cl2S2/c16-12-5-1-10(2-6-12)14-9-15(19-18-14)11-3-7-13(17)8-4-11/h1-9H/q+1. The maximum atomic E-state index is 5.91. The molecule has 0 N–H and O–H groups in total. The Balaban J connectivity index is 1.95. The van der Waals surface area contributed by atoms with Crippen LogP contribution in [-0.2, 0) is 0 Å². The van der Waals surface area contributed by atoms with Crippen molar-refractivity contribution in [2.45, 2.75) is 0 Å². The first-order valence-electron chi connectivity index (χ1n) is 5.67. The van der Waals surface area contributed by atoms with E-state index in [1.807, 2.05) is 48.5 Å². The van der Waals surface area contributed by atoms with Gasteiger partial charge in [0.15, 0.2) is 10.3 Å². The van der Waals surface area contributed by atoms with Crippen molar-refractivity contribution in [1.82, 2.24) is 0 Å². The van der Waals surface area contributed by atoms with E-state index in [-0.39, 0.29) is 0 Å². The summed E-state index contributed by atoms with van der Waals surface area (Å²) in [6.45, 7) is 0. The Hall–Kier alpha value is -0.930. The Morgan fingerprint density at radius 2 is 1.26 bits per heavy atom. The topological polar surface area (TPSA) is 0 Å². The first-order valence-corrected chi connectivity index (χ1v) is 8.58. The van der Waals surface area contributed by atoms with Gasteiger partial charge in [-0.2, -0.15) is 0 Å². The fourth-order valence-corrected chi connectivity index (χ4v) is 4.46. The average Bonchev–Trinajstić information content (AvgIpc) is 2.90. The van der Waals surface area contributed by atoms with E-state index in [1.165, 1.54) is 20.9 Å². The number of hydrogen-bond acceptors (Lipinski definition) is 1. The van der Waals surface area contributed by atoms with Gasteiger partial charge in [0.1, 0.15) is 0 Å². The monoisotopic (exact) mass is 323 g/mol. The molecule has 0 unspecified atom stereocenters. The first kappa shape index (κ1) is 13.1. The molecule has 0 aliphatic heterocycles. The second-order valence-corrected chi connectivity index (χ2v) is 7.14. The van der Waals surface area contributed by atoms with Gasteiger partial charge >= 0.3 is 10.3 Å². The molecule has 0 fully saturated rings. The van der Waals surface area contributed by atoms with E-state index in [0.717, 1.165) is 10.0 Å². The van der Waals surface area contributed by atoms with Crippen molar-refractivity contribution < 1.29 is 0 Å². The second-order valence-electron chi connectivity index (χ2n) is 4.05. The van der Waals surface area contributed by atoms with Crippen LogP contribution in [0.2, 0.25) is 10.0 Å². The van der Waals surface area contributed by atoms with Crippen LogP contribution in [-0.4, -0.2) is 0 Å². The predicted octanol–water partition coefficient (Wildman–Crippen LogP) is 6.73. The largest absolute Gasteiger partial charge is 0.301 e. The van der Waals surface area contributed by atoms with Crippen molar-refractivity contribution in [2.24, 2.45) is 0 Å². The van der Waals surface area contributed by atoms with Crippen LogP contribution in [0.1, 0.15) is 0 Å². The van der Waals surface area contributed by atoms with Crippen molar-refractivity contribution in [3.05, 3.63) is 64.6 Å². The summed E-state index contributed by atoms with van der Waals surface area (Å²) < 4.78 is 0. The molecular weight excluding hydrogens is 315 g/mol. The summed E-state index contributed by atoms with van der Waals surface area (Å²) >= 11 is 11.8. The van der Waals surface area contributed by atoms with Crippen molar-refractivity contribution in [3.8, 4) is 20.9 Å².